The van der Waals surface area contributed by atoms with Crippen LogP contribution in [0.25, 0.3) is 0 Å². The normalized spacial score (nSPS) is 28.8. The Hall–Kier alpha value is -1.59. The number of likely N-dealkylation sites (tertiary alicyclic amines) is 1. The number of rotatable bonds is 5. The first-order chi connectivity index (χ1) is 9.86. The number of aliphatic carboxylic acids is 1. The maximum Gasteiger partial charge on any atom is 0.326 e. The molecule has 1 saturated carbocycles. The Balaban J connectivity index is 2.19. The number of carboxylic acid groups (broad SMARTS) is 1. The number of piperidine rings is 1. The van der Waals surface area contributed by atoms with E-state index in [2.05, 4.69) is 4.74 Å². The van der Waals surface area contributed by atoms with Crippen molar-refractivity contribution in [3.8, 4) is 0 Å². The van der Waals surface area contributed by atoms with E-state index in [1.807, 2.05) is 13.8 Å². The van der Waals surface area contributed by atoms with Gasteiger partial charge in [-0.1, -0.05) is 13.8 Å². The standard InChI is InChI=1S/C15H23NO5/c1-8(2)11(7-12(17)21-3)14(18)16-10-5-4-9(6-10)13(16)15(19)20/h8-11,13H,4-7H2,1-3H3,(H,19,20). The van der Waals surface area contributed by atoms with Gasteiger partial charge in [0.15, 0.2) is 0 Å². The molecular weight excluding hydrogens is 274 g/mol. The molecule has 1 heterocycles. The molecular formula is C15H23NO5. The number of methoxy groups -OCH3 is 1. The molecule has 1 N–H and O–H groups in total. The molecule has 6 heteroatoms. The van der Waals surface area contributed by atoms with Crippen LogP contribution >= 0.6 is 0 Å². The van der Waals surface area contributed by atoms with Gasteiger partial charge in [0, 0.05) is 6.04 Å². The first kappa shape index (κ1) is 15.8. The van der Waals surface area contributed by atoms with Gasteiger partial charge in [0.25, 0.3) is 0 Å². The topological polar surface area (TPSA) is 83.9 Å². The van der Waals surface area contributed by atoms with Gasteiger partial charge in [0.05, 0.1) is 19.4 Å². The smallest absolute Gasteiger partial charge is 0.326 e. The summed E-state index contributed by atoms with van der Waals surface area (Å²) in [7, 11) is 1.29. The molecule has 2 aliphatic rings. The summed E-state index contributed by atoms with van der Waals surface area (Å²) in [6.45, 7) is 3.74. The van der Waals surface area contributed by atoms with Crippen LogP contribution in [0.3, 0.4) is 0 Å². The molecule has 0 spiro atoms. The molecule has 0 aromatic heterocycles. The van der Waals surface area contributed by atoms with E-state index in [4.69, 9.17) is 0 Å². The van der Waals surface area contributed by atoms with Gasteiger partial charge in [0.1, 0.15) is 6.04 Å². The lowest BCUT2D eigenvalue weighted by molar-refractivity contribution is -0.157. The molecule has 0 aromatic rings. The van der Waals surface area contributed by atoms with Gasteiger partial charge in [-0.15, -0.1) is 0 Å². The van der Waals surface area contributed by atoms with E-state index in [-0.39, 0.29) is 30.2 Å². The lowest BCUT2D eigenvalue weighted by Crippen LogP contribution is -2.52. The minimum atomic E-state index is -0.934. The monoisotopic (exact) mass is 297 g/mol. The molecule has 118 valence electrons. The number of amides is 1. The molecule has 2 bridgehead atoms. The molecule has 0 radical (unpaired) electrons. The number of carbonyl (C=O) groups excluding carboxylic acids is 2. The maximum absolute atomic E-state index is 12.8. The largest absolute Gasteiger partial charge is 0.480 e. The van der Waals surface area contributed by atoms with Gasteiger partial charge in [-0.25, -0.2) is 4.79 Å². The zero-order valence-electron chi connectivity index (χ0n) is 12.7. The van der Waals surface area contributed by atoms with Crippen molar-refractivity contribution >= 4 is 17.8 Å². The Morgan fingerprint density at radius 3 is 2.48 bits per heavy atom. The van der Waals surface area contributed by atoms with Crippen LogP contribution in [0.5, 0.6) is 0 Å². The molecule has 6 nitrogen and oxygen atoms in total. The highest BCUT2D eigenvalue weighted by Crippen LogP contribution is 2.43. The van der Waals surface area contributed by atoms with Gasteiger partial charge in [-0.3, -0.25) is 9.59 Å². The number of fused-ring (bicyclic) bond motifs is 2. The fourth-order valence-corrected chi connectivity index (χ4v) is 3.69. The van der Waals surface area contributed by atoms with Crippen LogP contribution in [0.4, 0.5) is 0 Å². The number of carboxylic acids is 1. The number of hydrogen-bond donors (Lipinski definition) is 1. The van der Waals surface area contributed by atoms with E-state index in [1.165, 1.54) is 12.0 Å². The van der Waals surface area contributed by atoms with E-state index in [1.54, 1.807) is 0 Å². The number of hydrogen-bond acceptors (Lipinski definition) is 4. The molecule has 1 aliphatic heterocycles. The Morgan fingerprint density at radius 2 is 1.95 bits per heavy atom. The second-order valence-corrected chi connectivity index (χ2v) is 6.39. The van der Waals surface area contributed by atoms with Crippen molar-refractivity contribution in [3.63, 3.8) is 0 Å². The van der Waals surface area contributed by atoms with Crippen molar-refractivity contribution in [1.82, 2.24) is 4.90 Å². The molecule has 4 atom stereocenters. The fraction of sp³-hybridized carbons (Fsp3) is 0.800. The third kappa shape index (κ3) is 2.89. The third-order valence-electron chi connectivity index (χ3n) is 4.83. The zero-order valence-corrected chi connectivity index (χ0v) is 12.7. The van der Waals surface area contributed by atoms with E-state index >= 15 is 0 Å². The van der Waals surface area contributed by atoms with Crippen LogP contribution in [0.1, 0.15) is 39.5 Å². The quantitative estimate of drug-likeness (QED) is 0.773. The van der Waals surface area contributed by atoms with E-state index in [0.29, 0.717) is 0 Å². The summed E-state index contributed by atoms with van der Waals surface area (Å²) in [6, 6.07) is -0.711. The lowest BCUT2D eigenvalue weighted by Gasteiger charge is -2.36. The molecule has 21 heavy (non-hydrogen) atoms. The average molecular weight is 297 g/mol. The summed E-state index contributed by atoms with van der Waals surface area (Å²) in [4.78, 5) is 37.3. The molecule has 0 aromatic carbocycles. The molecule has 2 fully saturated rings. The minimum absolute atomic E-state index is 0.00717. The Bertz CT molecular complexity index is 447. The fourth-order valence-electron chi connectivity index (χ4n) is 3.69. The summed E-state index contributed by atoms with van der Waals surface area (Å²) in [6.07, 6.45) is 2.51. The Labute approximate surface area is 124 Å². The van der Waals surface area contributed by atoms with Crippen LogP contribution in [-0.4, -0.2) is 47.0 Å². The van der Waals surface area contributed by atoms with Crippen LogP contribution in [0.15, 0.2) is 0 Å². The van der Waals surface area contributed by atoms with Gasteiger partial charge in [-0.2, -0.15) is 0 Å². The van der Waals surface area contributed by atoms with Crippen LogP contribution < -0.4 is 0 Å². The Morgan fingerprint density at radius 1 is 1.29 bits per heavy atom. The number of nitrogens with zero attached hydrogens (tertiary/aromatic N) is 1. The highest BCUT2D eigenvalue weighted by molar-refractivity contribution is 5.89. The third-order valence-corrected chi connectivity index (χ3v) is 4.83. The van der Waals surface area contributed by atoms with E-state index < -0.39 is 23.9 Å². The zero-order chi connectivity index (χ0) is 15.7. The minimum Gasteiger partial charge on any atom is -0.480 e. The molecule has 2 rings (SSSR count). The first-order valence-corrected chi connectivity index (χ1v) is 7.48. The summed E-state index contributed by atoms with van der Waals surface area (Å²) in [5.41, 5.74) is 0. The van der Waals surface area contributed by atoms with Crippen LogP contribution in [0, 0.1) is 17.8 Å². The molecule has 1 aliphatic carbocycles. The number of ether oxygens (including phenoxy) is 1. The van der Waals surface area contributed by atoms with E-state index in [9.17, 15) is 19.5 Å². The predicted molar refractivity (Wildman–Crippen MR) is 74.4 cm³/mol. The first-order valence-electron chi connectivity index (χ1n) is 7.48. The van der Waals surface area contributed by atoms with Crippen molar-refractivity contribution in [2.45, 2.75) is 51.6 Å². The second-order valence-electron chi connectivity index (χ2n) is 6.39. The van der Waals surface area contributed by atoms with E-state index in [0.717, 1.165) is 19.3 Å². The second kappa shape index (κ2) is 6.03. The highest BCUT2D eigenvalue weighted by atomic mass is 16.5. The van der Waals surface area contributed by atoms with Crippen LogP contribution in [0.2, 0.25) is 0 Å². The summed E-state index contributed by atoms with van der Waals surface area (Å²) in [5.74, 6) is -2.07. The van der Waals surface area contributed by atoms with Gasteiger partial charge < -0.3 is 14.7 Å². The van der Waals surface area contributed by atoms with Gasteiger partial charge >= 0.3 is 11.9 Å². The van der Waals surface area contributed by atoms with Crippen molar-refractivity contribution in [3.05, 3.63) is 0 Å². The van der Waals surface area contributed by atoms with Crippen molar-refractivity contribution < 1.29 is 24.2 Å². The molecule has 1 saturated heterocycles. The van der Waals surface area contributed by atoms with Gasteiger partial charge in [-0.05, 0) is 31.1 Å². The highest BCUT2D eigenvalue weighted by Gasteiger charge is 2.52. The van der Waals surface area contributed by atoms with Gasteiger partial charge in [0.2, 0.25) is 5.91 Å². The number of esters is 1. The van der Waals surface area contributed by atoms with Crippen LogP contribution in [-0.2, 0) is 19.1 Å². The predicted octanol–water partition coefficient (Wildman–Crippen LogP) is 1.29. The summed E-state index contributed by atoms with van der Waals surface area (Å²) in [5, 5.41) is 9.42. The summed E-state index contributed by atoms with van der Waals surface area (Å²) < 4.78 is 4.65. The van der Waals surface area contributed by atoms with Crippen molar-refractivity contribution in [1.29, 1.82) is 0 Å². The molecule has 1 amide bonds. The van der Waals surface area contributed by atoms with Crippen molar-refractivity contribution in [2.24, 2.45) is 17.8 Å². The average Bonchev–Trinajstić information content (AvgIpc) is 3.03. The summed E-state index contributed by atoms with van der Waals surface area (Å²) >= 11 is 0. The lowest BCUT2D eigenvalue weighted by atomic mass is 9.89. The molecule has 4 unspecified atom stereocenters. The maximum atomic E-state index is 12.8. The number of carbonyl (C=O) groups is 3. The SMILES string of the molecule is COC(=O)CC(C(=O)N1C2CCC(C2)C1C(=O)O)C(C)C. The van der Waals surface area contributed by atoms with Crippen molar-refractivity contribution in [2.75, 3.05) is 7.11 Å². The Kier molecular flexibility index (Phi) is 4.54.